The van der Waals surface area contributed by atoms with Crippen molar-refractivity contribution in [2.45, 2.75) is 26.3 Å². The lowest BCUT2D eigenvalue weighted by Gasteiger charge is -2.13. The van der Waals surface area contributed by atoms with Gasteiger partial charge in [-0.1, -0.05) is 0 Å². The zero-order valence-corrected chi connectivity index (χ0v) is 9.10. The normalized spacial score (nSPS) is 11.1. The van der Waals surface area contributed by atoms with Crippen molar-refractivity contribution in [1.29, 1.82) is 0 Å². The fourth-order valence-electron chi connectivity index (χ4n) is 0.910. The second kappa shape index (κ2) is 4.25. The van der Waals surface area contributed by atoms with Crippen molar-refractivity contribution in [3.63, 3.8) is 0 Å². The molecule has 0 saturated heterocycles. The van der Waals surface area contributed by atoms with E-state index < -0.39 is 5.54 Å². The van der Waals surface area contributed by atoms with Gasteiger partial charge < -0.3 is 4.74 Å². The lowest BCUT2D eigenvalue weighted by atomic mass is 10.1. The van der Waals surface area contributed by atoms with E-state index in [1.165, 1.54) is 0 Å². The molecule has 0 aliphatic heterocycles. The van der Waals surface area contributed by atoms with Crippen LogP contribution < -0.4 is 4.74 Å². The van der Waals surface area contributed by atoms with Gasteiger partial charge in [0, 0.05) is 20.0 Å². The summed E-state index contributed by atoms with van der Waals surface area (Å²) in [6.07, 6.45) is 3.25. The molecule has 82 valence electrons. The van der Waals surface area contributed by atoms with Crippen LogP contribution in [0.5, 0.6) is 5.75 Å². The number of rotatable bonds is 4. The Morgan fingerprint density at radius 3 is 2.80 bits per heavy atom. The second-order valence-corrected chi connectivity index (χ2v) is 4.02. The fraction of sp³-hybridized carbons (Fsp3) is 0.500. The summed E-state index contributed by atoms with van der Waals surface area (Å²) in [6, 6.07) is 1.82. The summed E-state index contributed by atoms with van der Waals surface area (Å²) in [7, 11) is 0. The lowest BCUT2D eigenvalue weighted by molar-refractivity contribution is -0.838. The van der Waals surface area contributed by atoms with Crippen molar-refractivity contribution in [1.82, 2.24) is 4.98 Å². The molecule has 0 aliphatic rings. The van der Waals surface area contributed by atoms with Crippen molar-refractivity contribution in [3.05, 3.63) is 28.9 Å². The summed E-state index contributed by atoms with van der Waals surface area (Å²) >= 11 is 0. The molecule has 0 fully saturated rings. The van der Waals surface area contributed by atoms with E-state index in [-0.39, 0.29) is 11.5 Å². The lowest BCUT2D eigenvalue weighted by Crippen LogP contribution is -2.38. The van der Waals surface area contributed by atoms with E-state index in [0.29, 0.717) is 5.75 Å². The monoisotopic (exact) mass is 211 g/mol. The number of ether oxygens (including phenoxy) is 1. The van der Waals surface area contributed by atoms with Gasteiger partial charge in [-0.15, -0.1) is 0 Å². The zero-order chi connectivity index (χ0) is 11.5. The third-order valence-electron chi connectivity index (χ3n) is 2.09. The van der Waals surface area contributed by atoms with Gasteiger partial charge in [0.2, 0.25) is 4.92 Å². The van der Waals surface area contributed by atoms with Crippen LogP contribution in [0, 0.1) is 11.8 Å². The van der Waals surface area contributed by atoms with Gasteiger partial charge in [0.05, 0.1) is 11.1 Å². The van der Waals surface area contributed by atoms with Crippen LogP contribution in [0.25, 0.3) is 0 Å². The molecule has 1 rings (SSSR count). The van der Waals surface area contributed by atoms with Crippen molar-refractivity contribution in [2.24, 2.45) is 0 Å². The number of hydrogen-bond acceptors (Lipinski definition) is 3. The fourth-order valence-corrected chi connectivity index (χ4v) is 0.910. The van der Waals surface area contributed by atoms with E-state index in [1.807, 2.05) is 13.0 Å². The van der Waals surface area contributed by atoms with Crippen molar-refractivity contribution >= 4 is 0 Å². The van der Waals surface area contributed by atoms with Gasteiger partial charge >= 0.3 is 0 Å². The summed E-state index contributed by atoms with van der Waals surface area (Å²) in [5, 5.41) is 8.81. The maximum absolute atomic E-state index is 10.7. The highest BCUT2D eigenvalue weighted by atomic mass is 16.6. The summed E-state index contributed by atoms with van der Waals surface area (Å²) in [4.78, 5) is 14.6. The molecule has 0 aromatic carbocycles. The quantitative estimate of drug-likeness (QED) is 0.770. The summed E-state index contributed by atoms with van der Waals surface area (Å²) in [5.74, 6) is 0.618. The highest BCUT2D eigenvalue weighted by Crippen LogP contribution is 2.17. The Morgan fingerprint density at radius 2 is 2.27 bits per heavy atom. The van der Waals surface area contributed by atoms with E-state index in [4.69, 9.17) is 9.94 Å². The Balaban J connectivity index is 2.66. The number of aromatic nitrogens is 1. The molecule has 1 heterocycles. The number of pyridine rings is 1. The van der Waals surface area contributed by atoms with Gasteiger partial charge in [-0.2, -0.15) is 0 Å². The van der Waals surface area contributed by atoms with Crippen LogP contribution >= 0.6 is 0 Å². The van der Waals surface area contributed by atoms with Crippen LogP contribution in [0.3, 0.4) is 0 Å². The minimum atomic E-state index is -0.970. The second-order valence-electron chi connectivity index (χ2n) is 4.02. The summed E-state index contributed by atoms with van der Waals surface area (Å²) < 4.78 is 5.40. The number of aryl methyl sites for hydroxylation is 1. The molecule has 0 amide bonds. The Labute approximate surface area is 88.2 Å². The van der Waals surface area contributed by atoms with Crippen molar-refractivity contribution in [2.75, 3.05) is 6.61 Å². The third kappa shape index (κ3) is 2.90. The smallest absolute Gasteiger partial charge is 0.293 e. The Hall–Kier alpha value is -1.65. The molecule has 0 bridgehead atoms. The average Bonchev–Trinajstić information content (AvgIpc) is 2.16. The molecule has 0 atom stereocenters. The van der Waals surface area contributed by atoms with E-state index in [1.54, 1.807) is 26.2 Å². The van der Waals surface area contributed by atoms with Crippen LogP contribution in [0.1, 0.15) is 19.4 Å². The molecular formula is C10H15N2O3+. The molecule has 0 spiro atoms. The van der Waals surface area contributed by atoms with Gasteiger partial charge in [-0.25, -0.2) is 5.21 Å². The first kappa shape index (κ1) is 11.4. The molecular weight excluding hydrogens is 196 g/mol. The van der Waals surface area contributed by atoms with E-state index in [9.17, 15) is 4.91 Å². The first-order chi connectivity index (χ1) is 6.93. The highest BCUT2D eigenvalue weighted by molar-refractivity contribution is 5.27. The number of hydrogen-bond donors (Lipinski definition) is 1. The summed E-state index contributed by atoms with van der Waals surface area (Å²) in [5.41, 5.74) is -0.0290. The minimum absolute atomic E-state index is 0.0968. The predicted molar refractivity (Wildman–Crippen MR) is 54.0 cm³/mol. The Kier molecular flexibility index (Phi) is 3.24. The molecule has 15 heavy (non-hydrogen) atoms. The third-order valence-corrected chi connectivity index (χ3v) is 2.09. The molecule has 5 nitrogen and oxygen atoms in total. The average molecular weight is 211 g/mol. The first-order valence-electron chi connectivity index (χ1n) is 4.63. The van der Waals surface area contributed by atoms with Gasteiger partial charge in [-0.3, -0.25) is 4.98 Å². The maximum Gasteiger partial charge on any atom is 0.293 e. The molecule has 1 aromatic heterocycles. The predicted octanol–water partition coefficient (Wildman–Crippen LogP) is 1.72. The first-order valence-corrected chi connectivity index (χ1v) is 4.63. The molecule has 5 heteroatoms. The SMILES string of the molecule is Cc1ccncc1OCC(C)(C)[N+](=O)O. The molecule has 0 saturated carbocycles. The van der Waals surface area contributed by atoms with Gasteiger partial charge in [0.1, 0.15) is 5.75 Å². The number of nitrogens with zero attached hydrogens (tertiary/aromatic N) is 2. The van der Waals surface area contributed by atoms with E-state index >= 15 is 0 Å². The summed E-state index contributed by atoms with van der Waals surface area (Å²) in [6.45, 7) is 5.16. The zero-order valence-electron chi connectivity index (χ0n) is 9.10. The molecule has 0 radical (unpaired) electrons. The van der Waals surface area contributed by atoms with Crippen molar-refractivity contribution < 1.29 is 14.9 Å². The van der Waals surface area contributed by atoms with Gasteiger partial charge in [0.25, 0.3) is 5.54 Å². The van der Waals surface area contributed by atoms with E-state index in [0.717, 1.165) is 5.56 Å². The Bertz CT molecular complexity index is 363. The maximum atomic E-state index is 10.7. The topological polar surface area (TPSA) is 62.4 Å². The van der Waals surface area contributed by atoms with Crippen LogP contribution in [0.15, 0.2) is 18.5 Å². The van der Waals surface area contributed by atoms with Gasteiger partial charge in [-0.05, 0) is 18.6 Å². The largest absolute Gasteiger partial charge is 0.484 e. The molecule has 1 aromatic rings. The van der Waals surface area contributed by atoms with Gasteiger partial charge in [0.15, 0.2) is 6.61 Å². The van der Waals surface area contributed by atoms with Crippen LogP contribution in [0.4, 0.5) is 0 Å². The minimum Gasteiger partial charge on any atom is -0.484 e. The van der Waals surface area contributed by atoms with Crippen LogP contribution in [-0.4, -0.2) is 27.3 Å². The van der Waals surface area contributed by atoms with E-state index in [2.05, 4.69) is 4.98 Å². The van der Waals surface area contributed by atoms with Crippen LogP contribution in [-0.2, 0) is 0 Å². The molecule has 1 N–H and O–H groups in total. The van der Waals surface area contributed by atoms with Crippen LogP contribution in [0.2, 0.25) is 0 Å². The standard InChI is InChI=1S/C10H15N2O3/c1-8-4-5-11-6-9(8)15-7-10(2,3)12(13)14/h4-6H,7H2,1-3H3,(H,13,14)/q+1. The molecule has 0 unspecified atom stereocenters. The highest BCUT2D eigenvalue weighted by Gasteiger charge is 2.37. The van der Waals surface area contributed by atoms with Crippen molar-refractivity contribution in [3.8, 4) is 5.75 Å². The molecule has 0 aliphatic carbocycles. The Morgan fingerprint density at radius 1 is 1.60 bits per heavy atom.